The molecule has 0 aliphatic carbocycles. The van der Waals surface area contributed by atoms with Gasteiger partial charge in [-0.3, -0.25) is 0 Å². The molecule has 0 spiro atoms. The van der Waals surface area contributed by atoms with Crippen LogP contribution in [0, 0.1) is 12.7 Å². The van der Waals surface area contributed by atoms with Crippen molar-refractivity contribution in [2.75, 3.05) is 5.73 Å². The molecule has 1 heterocycles. The maximum atomic E-state index is 14.5. The van der Waals surface area contributed by atoms with Crippen LogP contribution >= 0.6 is 0 Å². The Bertz CT molecular complexity index is 674. The number of benzene rings is 1. The van der Waals surface area contributed by atoms with Gasteiger partial charge in [0.05, 0.1) is 5.69 Å². The van der Waals surface area contributed by atoms with Gasteiger partial charge in [0, 0.05) is 5.56 Å². The molecular formula is C19H25FN2. The van der Waals surface area contributed by atoms with Crippen LogP contribution in [0.5, 0.6) is 0 Å². The van der Waals surface area contributed by atoms with Crippen molar-refractivity contribution in [3.63, 3.8) is 0 Å². The van der Waals surface area contributed by atoms with Gasteiger partial charge < -0.3 is 5.73 Å². The Hall–Kier alpha value is -1.90. The summed E-state index contributed by atoms with van der Waals surface area (Å²) in [5, 5.41) is 0. The zero-order valence-corrected chi connectivity index (χ0v) is 14.3. The molecule has 118 valence electrons. The van der Waals surface area contributed by atoms with Gasteiger partial charge in [-0.2, -0.15) is 0 Å². The normalized spacial score (nSPS) is 12.0. The molecule has 0 fully saturated rings. The Morgan fingerprint density at radius 3 is 2.23 bits per heavy atom. The van der Waals surface area contributed by atoms with E-state index in [4.69, 9.17) is 5.73 Å². The second-order valence-electron chi connectivity index (χ2n) is 7.22. The van der Waals surface area contributed by atoms with Crippen LogP contribution < -0.4 is 5.73 Å². The van der Waals surface area contributed by atoms with Crippen LogP contribution in [0.4, 0.5) is 10.2 Å². The predicted molar refractivity (Wildman–Crippen MR) is 91.6 cm³/mol. The maximum Gasteiger partial charge on any atom is 0.132 e. The molecule has 0 unspecified atom stereocenters. The molecule has 0 amide bonds. The fraction of sp³-hybridized carbons (Fsp3) is 0.421. The number of aryl methyl sites for hydroxylation is 1. The Kier molecular flexibility index (Phi) is 4.28. The molecule has 0 saturated carbocycles. The molecule has 22 heavy (non-hydrogen) atoms. The van der Waals surface area contributed by atoms with Gasteiger partial charge in [0.2, 0.25) is 0 Å². The van der Waals surface area contributed by atoms with Crippen LogP contribution in [0.15, 0.2) is 24.3 Å². The van der Waals surface area contributed by atoms with Crippen molar-refractivity contribution in [2.24, 2.45) is 0 Å². The lowest BCUT2D eigenvalue weighted by molar-refractivity contribution is 0.573. The van der Waals surface area contributed by atoms with E-state index in [9.17, 15) is 4.39 Å². The van der Waals surface area contributed by atoms with Gasteiger partial charge in [-0.15, -0.1) is 0 Å². The fourth-order valence-corrected chi connectivity index (χ4v) is 2.79. The first-order valence-electron chi connectivity index (χ1n) is 7.68. The van der Waals surface area contributed by atoms with Gasteiger partial charge in [0.15, 0.2) is 0 Å². The smallest absolute Gasteiger partial charge is 0.132 e. The van der Waals surface area contributed by atoms with E-state index in [-0.39, 0.29) is 11.2 Å². The lowest BCUT2D eigenvalue weighted by Gasteiger charge is -2.20. The highest BCUT2D eigenvalue weighted by molar-refractivity contribution is 5.65. The first-order valence-corrected chi connectivity index (χ1v) is 7.68. The summed E-state index contributed by atoms with van der Waals surface area (Å²) in [5.74, 6) is 0.537. The zero-order chi connectivity index (χ0) is 16.7. The highest BCUT2D eigenvalue weighted by Crippen LogP contribution is 2.32. The van der Waals surface area contributed by atoms with E-state index in [2.05, 4.69) is 39.6 Å². The molecule has 2 rings (SSSR count). The largest absolute Gasteiger partial charge is 0.383 e. The van der Waals surface area contributed by atoms with E-state index in [0.717, 1.165) is 16.7 Å². The average molecular weight is 300 g/mol. The minimum Gasteiger partial charge on any atom is -0.383 e. The van der Waals surface area contributed by atoms with Gasteiger partial charge in [-0.25, -0.2) is 9.37 Å². The highest BCUT2D eigenvalue weighted by atomic mass is 19.1. The number of nitrogen functional groups attached to an aromatic ring is 1. The first-order chi connectivity index (χ1) is 10.1. The van der Waals surface area contributed by atoms with Gasteiger partial charge in [-0.1, -0.05) is 40.7 Å². The third kappa shape index (κ3) is 3.13. The summed E-state index contributed by atoms with van der Waals surface area (Å²) in [6, 6.07) is 7.27. The predicted octanol–water partition coefficient (Wildman–Crippen LogP) is 5.20. The third-order valence-corrected chi connectivity index (χ3v) is 3.98. The van der Waals surface area contributed by atoms with Crippen molar-refractivity contribution < 1.29 is 4.39 Å². The molecule has 0 saturated heterocycles. The van der Waals surface area contributed by atoms with Gasteiger partial charge in [0.25, 0.3) is 0 Å². The lowest BCUT2D eigenvalue weighted by atomic mass is 9.86. The number of aromatic nitrogens is 1. The molecule has 0 bridgehead atoms. The van der Waals surface area contributed by atoms with Crippen molar-refractivity contribution in [1.82, 2.24) is 4.98 Å². The zero-order valence-electron chi connectivity index (χ0n) is 14.3. The molecule has 0 atom stereocenters. The molecule has 2 N–H and O–H groups in total. The molecule has 0 radical (unpaired) electrons. The standard InChI is InChI=1S/C19H25FN2/c1-11(2)17-12(3)9-16(22-18(17)21)14-8-7-13(10-15(14)20)19(4,5)6/h7-11H,1-6H3,(H2,21,22). The quantitative estimate of drug-likeness (QED) is 0.828. The van der Waals surface area contributed by atoms with Gasteiger partial charge >= 0.3 is 0 Å². The second-order valence-corrected chi connectivity index (χ2v) is 7.22. The van der Waals surface area contributed by atoms with Crippen molar-refractivity contribution in [3.8, 4) is 11.3 Å². The Morgan fingerprint density at radius 1 is 1.14 bits per heavy atom. The maximum absolute atomic E-state index is 14.5. The van der Waals surface area contributed by atoms with Crippen LogP contribution in [0.2, 0.25) is 0 Å². The minimum absolute atomic E-state index is 0.0801. The van der Waals surface area contributed by atoms with E-state index in [1.807, 2.05) is 19.1 Å². The molecular weight excluding hydrogens is 275 g/mol. The second kappa shape index (κ2) is 5.71. The Morgan fingerprint density at radius 2 is 1.77 bits per heavy atom. The summed E-state index contributed by atoms with van der Waals surface area (Å²) in [6.45, 7) is 12.4. The first kappa shape index (κ1) is 16.5. The van der Waals surface area contributed by atoms with Crippen molar-refractivity contribution in [3.05, 3.63) is 46.8 Å². The summed E-state index contributed by atoms with van der Waals surface area (Å²) in [4.78, 5) is 4.42. The van der Waals surface area contributed by atoms with Crippen molar-refractivity contribution in [2.45, 2.75) is 52.9 Å². The number of hydrogen-bond acceptors (Lipinski definition) is 2. The number of anilines is 1. The van der Waals surface area contributed by atoms with Crippen LogP contribution in [-0.2, 0) is 5.41 Å². The Labute approximate surface area is 132 Å². The summed E-state index contributed by atoms with van der Waals surface area (Å²) < 4.78 is 14.5. The summed E-state index contributed by atoms with van der Waals surface area (Å²) in [6.07, 6.45) is 0. The third-order valence-electron chi connectivity index (χ3n) is 3.98. The van der Waals surface area contributed by atoms with E-state index in [1.54, 1.807) is 12.1 Å². The SMILES string of the molecule is Cc1cc(-c2ccc(C(C)(C)C)cc2F)nc(N)c1C(C)C. The van der Waals surface area contributed by atoms with Crippen molar-refractivity contribution in [1.29, 1.82) is 0 Å². The Balaban J connectivity index is 2.54. The summed E-state index contributed by atoms with van der Waals surface area (Å²) in [7, 11) is 0. The topological polar surface area (TPSA) is 38.9 Å². The van der Waals surface area contributed by atoms with Gasteiger partial charge in [-0.05, 0) is 53.1 Å². The average Bonchev–Trinajstić information content (AvgIpc) is 2.35. The van der Waals surface area contributed by atoms with E-state index < -0.39 is 0 Å². The fourth-order valence-electron chi connectivity index (χ4n) is 2.79. The molecule has 1 aromatic heterocycles. The van der Waals surface area contributed by atoms with Crippen LogP contribution in [0.3, 0.4) is 0 Å². The van der Waals surface area contributed by atoms with Crippen molar-refractivity contribution >= 4 is 5.82 Å². The van der Waals surface area contributed by atoms with Crippen LogP contribution in [-0.4, -0.2) is 4.98 Å². The molecule has 0 aliphatic rings. The molecule has 0 aliphatic heterocycles. The molecule has 3 heteroatoms. The molecule has 2 nitrogen and oxygen atoms in total. The van der Waals surface area contributed by atoms with Gasteiger partial charge in [0.1, 0.15) is 11.6 Å². The van der Waals surface area contributed by atoms with E-state index in [1.165, 1.54) is 0 Å². The number of hydrogen-bond donors (Lipinski definition) is 1. The van der Waals surface area contributed by atoms with Crippen LogP contribution in [0.1, 0.15) is 57.2 Å². The molecule has 2 aromatic rings. The number of rotatable bonds is 2. The number of nitrogens with two attached hydrogens (primary N) is 1. The monoisotopic (exact) mass is 300 g/mol. The molecule has 1 aromatic carbocycles. The van der Waals surface area contributed by atoms with Crippen LogP contribution in [0.25, 0.3) is 11.3 Å². The lowest BCUT2D eigenvalue weighted by Crippen LogP contribution is -2.11. The number of nitrogens with zero attached hydrogens (tertiary/aromatic N) is 1. The van der Waals surface area contributed by atoms with E-state index in [0.29, 0.717) is 23.0 Å². The van der Waals surface area contributed by atoms with E-state index >= 15 is 0 Å². The highest BCUT2D eigenvalue weighted by Gasteiger charge is 2.18. The number of pyridine rings is 1. The summed E-state index contributed by atoms with van der Waals surface area (Å²) in [5.41, 5.74) is 10.1. The summed E-state index contributed by atoms with van der Waals surface area (Å²) >= 11 is 0. The number of halogens is 1. The minimum atomic E-state index is -0.254.